The van der Waals surface area contributed by atoms with Gasteiger partial charge in [-0.05, 0) is 43.9 Å². The number of nitrogens with two attached hydrogens (primary N) is 1. The molecule has 0 unspecified atom stereocenters. The minimum absolute atomic E-state index is 0.177. The van der Waals surface area contributed by atoms with Crippen molar-refractivity contribution in [2.45, 2.75) is 77.9 Å². The molecule has 0 saturated heterocycles. The van der Waals surface area contributed by atoms with E-state index in [1.165, 1.54) is 0 Å². The topological polar surface area (TPSA) is 110 Å². The molecule has 4 N–H and O–H groups in total. The summed E-state index contributed by atoms with van der Waals surface area (Å²) in [6.45, 7) is 5.50. The van der Waals surface area contributed by atoms with Gasteiger partial charge in [-0.25, -0.2) is 17.9 Å². The smallest absolute Gasteiger partial charge is 0.254 e. The van der Waals surface area contributed by atoms with E-state index < -0.39 is 51.8 Å². The largest absolute Gasteiger partial charge is 0.393 e. The van der Waals surface area contributed by atoms with Crippen LogP contribution in [-0.4, -0.2) is 38.7 Å². The van der Waals surface area contributed by atoms with Gasteiger partial charge in [0.25, 0.3) is 5.91 Å². The molecule has 34 heavy (non-hydrogen) atoms. The Morgan fingerprint density at radius 1 is 1.15 bits per heavy atom. The van der Waals surface area contributed by atoms with Crippen LogP contribution in [0.2, 0.25) is 0 Å². The number of ketones is 1. The highest BCUT2D eigenvalue weighted by atomic mass is 19.2. The van der Waals surface area contributed by atoms with Crippen LogP contribution in [-0.2, 0) is 12.8 Å². The Labute approximate surface area is 195 Å². The van der Waals surface area contributed by atoms with Gasteiger partial charge in [0.1, 0.15) is 11.3 Å². The zero-order valence-corrected chi connectivity index (χ0v) is 19.5. The van der Waals surface area contributed by atoms with Crippen LogP contribution in [0.3, 0.4) is 0 Å². The van der Waals surface area contributed by atoms with E-state index in [1.54, 1.807) is 6.92 Å². The average Bonchev–Trinajstić information content (AvgIpc) is 3.10. The van der Waals surface area contributed by atoms with Gasteiger partial charge in [-0.2, -0.15) is 5.10 Å². The number of rotatable bonds is 5. The van der Waals surface area contributed by atoms with Crippen molar-refractivity contribution in [1.82, 2.24) is 9.78 Å². The molecule has 1 aromatic heterocycles. The first-order valence-electron chi connectivity index (χ1n) is 11.5. The van der Waals surface area contributed by atoms with Crippen LogP contribution in [0.1, 0.15) is 85.0 Å². The summed E-state index contributed by atoms with van der Waals surface area (Å²) < 4.78 is 47.4. The number of carbonyl (C=O) groups excluding carboxylic acids is 2. The molecule has 0 spiro atoms. The number of aromatic nitrogens is 2. The van der Waals surface area contributed by atoms with Crippen LogP contribution in [0.25, 0.3) is 5.69 Å². The first-order chi connectivity index (χ1) is 15.9. The van der Waals surface area contributed by atoms with Crippen molar-refractivity contribution in [1.29, 1.82) is 0 Å². The molecule has 0 aliphatic heterocycles. The normalized spacial score (nSPS) is 21.9. The Morgan fingerprint density at radius 2 is 1.79 bits per heavy atom. The van der Waals surface area contributed by atoms with Crippen LogP contribution in [0.4, 0.5) is 18.9 Å². The second-order valence-corrected chi connectivity index (χ2v) is 10.0. The molecule has 1 heterocycles. The third kappa shape index (κ3) is 4.08. The maximum absolute atomic E-state index is 16.0. The molecule has 4 rings (SSSR count). The first-order valence-corrected chi connectivity index (χ1v) is 11.5. The number of aryl methyl sites for hydroxylation is 1. The molecular weight excluding hydrogens is 449 g/mol. The summed E-state index contributed by atoms with van der Waals surface area (Å²) >= 11 is 0. The van der Waals surface area contributed by atoms with Gasteiger partial charge in [-0.1, -0.05) is 20.8 Å². The van der Waals surface area contributed by atoms with Gasteiger partial charge in [0.2, 0.25) is 0 Å². The average molecular weight is 479 g/mol. The molecule has 184 valence electrons. The summed E-state index contributed by atoms with van der Waals surface area (Å²) in [5.41, 5.74) is 3.60. The Morgan fingerprint density at radius 3 is 2.38 bits per heavy atom. The number of primary amides is 1. The monoisotopic (exact) mass is 478 g/mol. The molecule has 0 radical (unpaired) electrons. The number of nitrogens with zero attached hydrogens (tertiary/aromatic N) is 2. The van der Waals surface area contributed by atoms with Crippen LogP contribution < -0.4 is 11.1 Å². The van der Waals surface area contributed by atoms with E-state index in [0.717, 1.165) is 4.68 Å². The van der Waals surface area contributed by atoms with E-state index in [9.17, 15) is 14.7 Å². The van der Waals surface area contributed by atoms with E-state index in [-0.39, 0.29) is 18.2 Å². The number of aliphatic hydroxyl groups excluding tert-OH is 1. The number of benzene rings is 1. The fourth-order valence-corrected chi connectivity index (χ4v) is 5.09. The third-order valence-corrected chi connectivity index (χ3v) is 6.75. The highest BCUT2D eigenvalue weighted by Crippen LogP contribution is 2.40. The number of anilines is 1. The van der Waals surface area contributed by atoms with E-state index in [0.29, 0.717) is 55.5 Å². The number of carbonyl (C=O) groups is 2. The molecule has 7 nitrogen and oxygen atoms in total. The van der Waals surface area contributed by atoms with Crippen molar-refractivity contribution < 1.29 is 27.9 Å². The van der Waals surface area contributed by atoms with Crippen molar-refractivity contribution in [2.24, 2.45) is 11.1 Å². The molecule has 0 bridgehead atoms. The quantitative estimate of drug-likeness (QED) is 0.566. The van der Waals surface area contributed by atoms with E-state index in [2.05, 4.69) is 10.4 Å². The fourth-order valence-electron chi connectivity index (χ4n) is 5.09. The highest BCUT2D eigenvalue weighted by molar-refractivity contribution is 6.01. The molecule has 0 atom stereocenters. The second-order valence-electron chi connectivity index (χ2n) is 10.0. The number of amides is 1. The summed E-state index contributed by atoms with van der Waals surface area (Å²) in [4.78, 5) is 24.9. The molecular formula is C24H29F3N4O3. The van der Waals surface area contributed by atoms with Crippen LogP contribution in [0.5, 0.6) is 0 Å². The zero-order valence-electron chi connectivity index (χ0n) is 19.5. The minimum Gasteiger partial charge on any atom is -0.393 e. The second kappa shape index (κ2) is 8.72. The number of fused-ring (bicyclic) bond motifs is 1. The molecule has 10 heteroatoms. The fraction of sp³-hybridized carbons (Fsp3) is 0.542. The number of halogens is 3. The van der Waals surface area contributed by atoms with Crippen molar-refractivity contribution in [3.8, 4) is 5.69 Å². The predicted molar refractivity (Wildman–Crippen MR) is 120 cm³/mol. The first kappa shape index (κ1) is 24.3. The maximum atomic E-state index is 16.0. The molecule has 1 aromatic carbocycles. The van der Waals surface area contributed by atoms with Gasteiger partial charge in [0.05, 0.1) is 28.7 Å². The molecule has 2 aliphatic rings. The molecule has 1 amide bonds. The lowest BCUT2D eigenvalue weighted by molar-refractivity contribution is 0.0909. The summed E-state index contributed by atoms with van der Waals surface area (Å²) in [5.74, 6) is -5.87. The minimum atomic E-state index is -1.60. The Bertz CT molecular complexity index is 1170. The van der Waals surface area contributed by atoms with E-state index in [1.807, 2.05) is 13.8 Å². The number of nitrogens with one attached hydrogen (secondary N) is 1. The number of aliphatic hydroxyl groups is 1. The summed E-state index contributed by atoms with van der Waals surface area (Å²) in [7, 11) is 0. The van der Waals surface area contributed by atoms with Crippen LogP contribution >= 0.6 is 0 Å². The lowest BCUT2D eigenvalue weighted by Gasteiger charge is -2.30. The SMILES string of the molecule is CCc1nn(-c2c(F)c(F)c(C(N)=O)c(NC3CCC(O)CC3)c2F)c2c1C(=O)CC(C)(C)C2. The third-order valence-electron chi connectivity index (χ3n) is 6.75. The van der Waals surface area contributed by atoms with E-state index in [4.69, 9.17) is 5.73 Å². The van der Waals surface area contributed by atoms with Crippen LogP contribution in [0.15, 0.2) is 0 Å². The van der Waals surface area contributed by atoms with Gasteiger partial charge in [0.15, 0.2) is 23.2 Å². The number of hydrogen-bond donors (Lipinski definition) is 3. The van der Waals surface area contributed by atoms with Gasteiger partial charge in [0, 0.05) is 12.5 Å². The Balaban J connectivity index is 1.93. The van der Waals surface area contributed by atoms with Crippen LogP contribution in [0, 0.1) is 22.9 Å². The van der Waals surface area contributed by atoms with Gasteiger partial charge < -0.3 is 16.2 Å². The predicted octanol–water partition coefficient (Wildman–Crippen LogP) is 3.82. The molecule has 2 aromatic rings. The Kier molecular flexibility index (Phi) is 6.22. The Hall–Kier alpha value is -2.88. The number of Topliss-reactive ketones (excluding diaryl/α,β-unsaturated/α-hetero) is 1. The van der Waals surface area contributed by atoms with Gasteiger partial charge in [-0.3, -0.25) is 9.59 Å². The van der Waals surface area contributed by atoms with Gasteiger partial charge in [-0.15, -0.1) is 0 Å². The maximum Gasteiger partial charge on any atom is 0.254 e. The summed E-state index contributed by atoms with van der Waals surface area (Å²) in [6.07, 6.45) is 2.24. The zero-order chi connectivity index (χ0) is 24.9. The summed E-state index contributed by atoms with van der Waals surface area (Å²) in [6, 6.07) is -0.369. The van der Waals surface area contributed by atoms with Crippen molar-refractivity contribution in [3.05, 3.63) is 40.0 Å². The highest BCUT2D eigenvalue weighted by Gasteiger charge is 2.39. The lowest BCUT2D eigenvalue weighted by Crippen LogP contribution is -2.31. The molecule has 1 saturated carbocycles. The van der Waals surface area contributed by atoms with E-state index >= 15 is 13.2 Å². The van der Waals surface area contributed by atoms with Gasteiger partial charge >= 0.3 is 0 Å². The molecule has 1 fully saturated rings. The van der Waals surface area contributed by atoms with Crippen molar-refractivity contribution in [2.75, 3.05) is 5.32 Å². The molecule has 2 aliphatic carbocycles. The van der Waals surface area contributed by atoms with Crippen molar-refractivity contribution in [3.63, 3.8) is 0 Å². The number of hydrogen-bond acceptors (Lipinski definition) is 5. The van der Waals surface area contributed by atoms with Crippen molar-refractivity contribution >= 4 is 17.4 Å². The lowest BCUT2D eigenvalue weighted by atomic mass is 9.75. The summed E-state index contributed by atoms with van der Waals surface area (Å²) in [5, 5.41) is 16.9. The standard InChI is InChI=1S/C24H29F3N4O3/c1-4-13-16-14(9-24(2,3)10-15(16)33)31(30-13)22-19(26)18(25)17(23(28)34)21(20(22)27)29-11-5-7-12(32)8-6-11/h11-12,29,32H,4-10H2,1-3H3,(H2,28,34).